The molecule has 0 bridgehead atoms. The SMILES string of the molecule is CC1C(N)=CC=CC1(C)S(=O)(=O)O. The highest BCUT2D eigenvalue weighted by atomic mass is 32.2. The second kappa shape index (κ2) is 2.85. The summed E-state index contributed by atoms with van der Waals surface area (Å²) in [4.78, 5) is 0. The van der Waals surface area contributed by atoms with Gasteiger partial charge in [-0.3, -0.25) is 4.55 Å². The molecule has 5 heteroatoms. The molecule has 2 atom stereocenters. The highest BCUT2D eigenvalue weighted by Gasteiger charge is 2.43. The van der Waals surface area contributed by atoms with Crippen LogP contribution in [0.3, 0.4) is 0 Å². The fraction of sp³-hybridized carbons (Fsp3) is 0.500. The van der Waals surface area contributed by atoms with Gasteiger partial charge in [0.2, 0.25) is 0 Å². The zero-order chi connectivity index (χ0) is 10.3. The van der Waals surface area contributed by atoms with E-state index in [-0.39, 0.29) is 0 Å². The van der Waals surface area contributed by atoms with Crippen LogP contribution in [0.5, 0.6) is 0 Å². The number of nitrogens with two attached hydrogens (primary N) is 1. The van der Waals surface area contributed by atoms with Crippen molar-refractivity contribution in [3.63, 3.8) is 0 Å². The first-order chi connectivity index (χ1) is 5.79. The molecule has 1 aliphatic carbocycles. The number of rotatable bonds is 1. The molecule has 13 heavy (non-hydrogen) atoms. The molecule has 0 radical (unpaired) electrons. The lowest BCUT2D eigenvalue weighted by Crippen LogP contribution is -2.43. The molecule has 0 aromatic carbocycles. The van der Waals surface area contributed by atoms with Gasteiger partial charge in [0.25, 0.3) is 10.1 Å². The third kappa shape index (κ3) is 1.49. The van der Waals surface area contributed by atoms with Crippen LogP contribution in [-0.2, 0) is 10.1 Å². The zero-order valence-electron chi connectivity index (χ0n) is 7.56. The van der Waals surface area contributed by atoms with E-state index in [0.29, 0.717) is 5.70 Å². The number of hydrogen-bond donors (Lipinski definition) is 2. The van der Waals surface area contributed by atoms with Crippen molar-refractivity contribution in [1.29, 1.82) is 0 Å². The lowest BCUT2D eigenvalue weighted by molar-refractivity contribution is 0.418. The van der Waals surface area contributed by atoms with Gasteiger partial charge in [0.05, 0.1) is 0 Å². The average Bonchev–Trinajstić information content (AvgIpc) is 1.98. The van der Waals surface area contributed by atoms with Crippen molar-refractivity contribution in [2.75, 3.05) is 0 Å². The second-order valence-corrected chi connectivity index (χ2v) is 5.24. The summed E-state index contributed by atoms with van der Waals surface area (Å²) >= 11 is 0. The Morgan fingerprint density at radius 3 is 2.54 bits per heavy atom. The van der Waals surface area contributed by atoms with Gasteiger partial charge in [0.1, 0.15) is 4.75 Å². The highest BCUT2D eigenvalue weighted by Crippen LogP contribution is 2.33. The normalized spacial score (nSPS) is 34.4. The molecule has 0 amide bonds. The minimum Gasteiger partial charge on any atom is -0.402 e. The van der Waals surface area contributed by atoms with Crippen molar-refractivity contribution in [3.8, 4) is 0 Å². The summed E-state index contributed by atoms with van der Waals surface area (Å²) in [6.45, 7) is 3.12. The van der Waals surface area contributed by atoms with Gasteiger partial charge in [0, 0.05) is 11.6 Å². The van der Waals surface area contributed by atoms with Gasteiger partial charge in [-0.2, -0.15) is 8.42 Å². The largest absolute Gasteiger partial charge is 0.402 e. The van der Waals surface area contributed by atoms with E-state index in [2.05, 4.69) is 0 Å². The van der Waals surface area contributed by atoms with Crippen LogP contribution in [-0.4, -0.2) is 17.7 Å². The van der Waals surface area contributed by atoms with Crippen LogP contribution in [0.2, 0.25) is 0 Å². The molecule has 2 unspecified atom stereocenters. The molecule has 3 N–H and O–H groups in total. The van der Waals surface area contributed by atoms with E-state index >= 15 is 0 Å². The minimum absolute atomic E-state index is 0.410. The van der Waals surface area contributed by atoms with Crippen LogP contribution in [0.4, 0.5) is 0 Å². The van der Waals surface area contributed by atoms with Crippen LogP contribution >= 0.6 is 0 Å². The van der Waals surface area contributed by atoms with Crippen molar-refractivity contribution in [1.82, 2.24) is 0 Å². The molecule has 0 fully saturated rings. The second-order valence-electron chi connectivity index (χ2n) is 3.41. The van der Waals surface area contributed by atoms with Crippen molar-refractivity contribution in [2.24, 2.45) is 11.7 Å². The standard InChI is InChI=1S/C8H13NO3S/c1-6-7(9)4-3-5-8(6,2)13(10,11)12/h3-6H,9H2,1-2H3,(H,10,11,12). The van der Waals surface area contributed by atoms with Gasteiger partial charge < -0.3 is 5.73 Å². The summed E-state index contributed by atoms with van der Waals surface area (Å²) < 4.78 is 29.9. The predicted octanol–water partition coefficient (Wildman–Crippen LogP) is 0.681. The Kier molecular flexibility index (Phi) is 2.25. The third-order valence-corrected chi connectivity index (χ3v) is 4.23. The molecular weight excluding hydrogens is 190 g/mol. The Morgan fingerprint density at radius 1 is 1.62 bits per heavy atom. The van der Waals surface area contributed by atoms with E-state index in [4.69, 9.17) is 10.3 Å². The summed E-state index contributed by atoms with van der Waals surface area (Å²) in [6, 6.07) is 0. The molecule has 0 saturated heterocycles. The Hall–Kier alpha value is -0.810. The molecule has 0 aromatic heterocycles. The molecule has 74 valence electrons. The van der Waals surface area contributed by atoms with Crippen LogP contribution in [0.25, 0.3) is 0 Å². The first-order valence-corrected chi connectivity index (χ1v) is 5.35. The molecule has 1 aliphatic rings. The monoisotopic (exact) mass is 203 g/mol. The Morgan fingerprint density at radius 2 is 2.15 bits per heavy atom. The maximum atomic E-state index is 11.1. The van der Waals surface area contributed by atoms with Crippen molar-refractivity contribution < 1.29 is 13.0 Å². The van der Waals surface area contributed by atoms with Crippen molar-refractivity contribution in [2.45, 2.75) is 18.6 Å². The number of allylic oxidation sites excluding steroid dienone is 3. The minimum atomic E-state index is -4.12. The lowest BCUT2D eigenvalue weighted by Gasteiger charge is -2.31. The molecular formula is C8H13NO3S. The van der Waals surface area contributed by atoms with E-state index < -0.39 is 20.8 Å². The van der Waals surface area contributed by atoms with Gasteiger partial charge in [0.15, 0.2) is 0 Å². The van der Waals surface area contributed by atoms with E-state index in [9.17, 15) is 8.42 Å². The van der Waals surface area contributed by atoms with Gasteiger partial charge >= 0.3 is 0 Å². The summed E-state index contributed by atoms with van der Waals surface area (Å²) in [5.41, 5.74) is 6.05. The molecule has 0 saturated carbocycles. The predicted molar refractivity (Wildman–Crippen MR) is 50.5 cm³/mol. The molecule has 4 nitrogen and oxygen atoms in total. The Balaban J connectivity index is 3.23. The van der Waals surface area contributed by atoms with Crippen molar-refractivity contribution >= 4 is 10.1 Å². The topological polar surface area (TPSA) is 80.4 Å². The Bertz CT molecular complexity index is 369. The first kappa shape index (κ1) is 10.3. The molecule has 0 heterocycles. The van der Waals surface area contributed by atoms with Gasteiger partial charge in [-0.05, 0) is 13.0 Å². The summed E-state index contributed by atoms with van der Waals surface area (Å²) in [7, 11) is -4.12. The zero-order valence-corrected chi connectivity index (χ0v) is 8.38. The lowest BCUT2D eigenvalue weighted by atomic mass is 9.88. The molecule has 0 aromatic rings. The average molecular weight is 203 g/mol. The highest BCUT2D eigenvalue weighted by molar-refractivity contribution is 7.87. The maximum Gasteiger partial charge on any atom is 0.274 e. The Labute approximate surface area is 77.9 Å². The quantitative estimate of drug-likeness (QED) is 0.614. The van der Waals surface area contributed by atoms with E-state index in [1.54, 1.807) is 19.1 Å². The van der Waals surface area contributed by atoms with E-state index in [1.807, 2.05) is 0 Å². The fourth-order valence-corrected chi connectivity index (χ4v) is 2.11. The molecule has 1 rings (SSSR count). The van der Waals surface area contributed by atoms with Crippen molar-refractivity contribution in [3.05, 3.63) is 23.9 Å². The molecule has 0 aliphatic heterocycles. The van der Waals surface area contributed by atoms with E-state index in [1.165, 1.54) is 13.0 Å². The molecule has 0 spiro atoms. The summed E-state index contributed by atoms with van der Waals surface area (Å²) in [5.74, 6) is -0.410. The third-order valence-electron chi connectivity index (χ3n) is 2.63. The van der Waals surface area contributed by atoms with Crippen LogP contribution in [0.1, 0.15) is 13.8 Å². The van der Waals surface area contributed by atoms with Gasteiger partial charge in [-0.15, -0.1) is 0 Å². The van der Waals surface area contributed by atoms with Crippen LogP contribution in [0, 0.1) is 5.92 Å². The first-order valence-electron chi connectivity index (χ1n) is 3.91. The smallest absolute Gasteiger partial charge is 0.274 e. The van der Waals surface area contributed by atoms with E-state index in [0.717, 1.165) is 0 Å². The van der Waals surface area contributed by atoms with Gasteiger partial charge in [-0.1, -0.05) is 19.1 Å². The summed E-state index contributed by atoms with van der Waals surface area (Å²) in [6.07, 6.45) is 4.63. The van der Waals surface area contributed by atoms with Crippen LogP contribution in [0.15, 0.2) is 23.9 Å². The maximum absolute atomic E-state index is 11.1. The summed E-state index contributed by atoms with van der Waals surface area (Å²) in [5, 5.41) is 0. The number of hydrogen-bond acceptors (Lipinski definition) is 3. The van der Waals surface area contributed by atoms with Gasteiger partial charge in [-0.25, -0.2) is 0 Å². The fourth-order valence-electron chi connectivity index (χ4n) is 1.28. The van der Waals surface area contributed by atoms with Crippen LogP contribution < -0.4 is 5.73 Å².